The fourth-order valence-corrected chi connectivity index (χ4v) is 1.91. The molecule has 0 aromatic heterocycles. The lowest BCUT2D eigenvalue weighted by Crippen LogP contribution is -2.55. The minimum absolute atomic E-state index is 0.162. The predicted octanol–water partition coefficient (Wildman–Crippen LogP) is 0.641. The van der Waals surface area contributed by atoms with Gasteiger partial charge in [-0.1, -0.05) is 6.07 Å². The van der Waals surface area contributed by atoms with Crippen LogP contribution >= 0.6 is 0 Å². The number of nitrogen functional groups attached to an aromatic ring is 1. The molecular weight excluding hydrogens is 190 g/mol. The molecule has 1 aliphatic rings. The van der Waals surface area contributed by atoms with Crippen LogP contribution in [0.3, 0.4) is 0 Å². The van der Waals surface area contributed by atoms with Crippen molar-refractivity contribution < 1.29 is 4.79 Å². The third kappa shape index (κ3) is 1.63. The molecule has 4 nitrogen and oxygen atoms in total. The number of nitrogens with two attached hydrogens (primary N) is 2. The Morgan fingerprint density at radius 1 is 1.53 bits per heavy atom. The first-order valence-corrected chi connectivity index (χ1v) is 5.01. The van der Waals surface area contributed by atoms with Crippen molar-refractivity contribution in [1.82, 2.24) is 0 Å². The van der Waals surface area contributed by atoms with Gasteiger partial charge in [0.1, 0.15) is 6.04 Å². The highest BCUT2D eigenvalue weighted by molar-refractivity contribution is 5.86. The maximum Gasteiger partial charge on any atom is 0.240 e. The van der Waals surface area contributed by atoms with Crippen molar-refractivity contribution >= 4 is 17.3 Å². The largest absolute Gasteiger partial charge is 0.399 e. The Hall–Kier alpha value is -1.71. The number of primary amides is 1. The van der Waals surface area contributed by atoms with Crippen molar-refractivity contribution in [3.8, 4) is 0 Å². The quantitative estimate of drug-likeness (QED) is 0.696. The Morgan fingerprint density at radius 2 is 2.27 bits per heavy atom. The van der Waals surface area contributed by atoms with Gasteiger partial charge >= 0.3 is 0 Å². The van der Waals surface area contributed by atoms with Crippen LogP contribution in [0.2, 0.25) is 0 Å². The maximum absolute atomic E-state index is 11.1. The molecule has 1 atom stereocenters. The van der Waals surface area contributed by atoms with Crippen molar-refractivity contribution in [2.24, 2.45) is 5.73 Å². The van der Waals surface area contributed by atoms with Crippen LogP contribution in [0.4, 0.5) is 11.4 Å². The van der Waals surface area contributed by atoms with Crippen molar-refractivity contribution in [3.05, 3.63) is 23.8 Å². The van der Waals surface area contributed by atoms with Gasteiger partial charge < -0.3 is 16.4 Å². The van der Waals surface area contributed by atoms with Crippen LogP contribution < -0.4 is 16.4 Å². The van der Waals surface area contributed by atoms with Gasteiger partial charge in [-0.25, -0.2) is 0 Å². The number of nitrogens with zero attached hydrogens (tertiary/aromatic N) is 1. The van der Waals surface area contributed by atoms with E-state index in [2.05, 4.69) is 0 Å². The molecule has 1 fully saturated rings. The summed E-state index contributed by atoms with van der Waals surface area (Å²) < 4.78 is 0. The Kier molecular flexibility index (Phi) is 2.26. The van der Waals surface area contributed by atoms with Gasteiger partial charge in [-0.3, -0.25) is 4.79 Å². The molecule has 1 aliphatic heterocycles. The van der Waals surface area contributed by atoms with Gasteiger partial charge in [0, 0.05) is 17.9 Å². The fourth-order valence-electron chi connectivity index (χ4n) is 1.91. The minimum Gasteiger partial charge on any atom is -0.399 e. The third-order valence-electron chi connectivity index (χ3n) is 2.89. The molecule has 0 aliphatic carbocycles. The molecular formula is C11H15N3O. The van der Waals surface area contributed by atoms with Crippen LogP contribution in [0, 0.1) is 6.92 Å². The number of amides is 1. The van der Waals surface area contributed by atoms with Gasteiger partial charge in [0.05, 0.1) is 0 Å². The zero-order chi connectivity index (χ0) is 11.0. The molecule has 0 spiro atoms. The fraction of sp³-hybridized carbons (Fsp3) is 0.364. The van der Waals surface area contributed by atoms with Crippen LogP contribution in [0.25, 0.3) is 0 Å². The maximum atomic E-state index is 11.1. The Balaban J connectivity index is 2.30. The lowest BCUT2D eigenvalue weighted by atomic mass is 9.99. The average Bonchev–Trinajstić information content (AvgIpc) is 2.08. The molecule has 1 aromatic carbocycles. The monoisotopic (exact) mass is 205 g/mol. The number of aryl methyl sites for hydroxylation is 1. The van der Waals surface area contributed by atoms with E-state index in [1.165, 1.54) is 0 Å². The van der Waals surface area contributed by atoms with E-state index in [-0.39, 0.29) is 11.9 Å². The summed E-state index contributed by atoms with van der Waals surface area (Å²) in [5.74, 6) is -0.261. The zero-order valence-corrected chi connectivity index (χ0v) is 8.73. The Bertz CT molecular complexity index is 403. The molecule has 80 valence electrons. The standard InChI is InChI=1S/C11H15N3O/c1-7-2-3-8(12)6-10(7)14-5-4-9(14)11(13)15/h2-3,6,9H,4-5,12H2,1H3,(H2,13,15). The summed E-state index contributed by atoms with van der Waals surface area (Å²) in [4.78, 5) is 13.1. The van der Waals surface area contributed by atoms with E-state index >= 15 is 0 Å². The van der Waals surface area contributed by atoms with Crippen LogP contribution in [0.5, 0.6) is 0 Å². The first-order valence-electron chi connectivity index (χ1n) is 5.01. The molecule has 15 heavy (non-hydrogen) atoms. The van der Waals surface area contributed by atoms with Gasteiger partial charge in [-0.15, -0.1) is 0 Å². The molecule has 2 rings (SSSR count). The SMILES string of the molecule is Cc1ccc(N)cc1N1CCC1C(N)=O. The molecule has 4 N–H and O–H groups in total. The number of benzene rings is 1. The smallest absolute Gasteiger partial charge is 0.240 e. The van der Waals surface area contributed by atoms with Crippen molar-refractivity contribution in [1.29, 1.82) is 0 Å². The normalized spacial score (nSPS) is 19.8. The second-order valence-corrected chi connectivity index (χ2v) is 3.95. The van der Waals surface area contributed by atoms with Gasteiger partial charge in [0.15, 0.2) is 0 Å². The average molecular weight is 205 g/mol. The van der Waals surface area contributed by atoms with E-state index in [0.717, 1.165) is 24.2 Å². The molecule has 1 saturated heterocycles. The van der Waals surface area contributed by atoms with Gasteiger partial charge in [-0.05, 0) is 31.0 Å². The summed E-state index contributed by atoms with van der Waals surface area (Å²) in [5, 5.41) is 0. The van der Waals surface area contributed by atoms with E-state index in [4.69, 9.17) is 11.5 Å². The van der Waals surface area contributed by atoms with Crippen molar-refractivity contribution in [2.75, 3.05) is 17.2 Å². The molecule has 0 bridgehead atoms. The zero-order valence-electron chi connectivity index (χ0n) is 8.73. The molecule has 1 heterocycles. The summed E-state index contributed by atoms with van der Waals surface area (Å²) >= 11 is 0. The highest BCUT2D eigenvalue weighted by atomic mass is 16.1. The lowest BCUT2D eigenvalue weighted by Gasteiger charge is -2.41. The van der Waals surface area contributed by atoms with E-state index in [1.54, 1.807) is 0 Å². The summed E-state index contributed by atoms with van der Waals surface area (Å²) in [6.45, 7) is 2.88. The van der Waals surface area contributed by atoms with Crippen molar-refractivity contribution in [2.45, 2.75) is 19.4 Å². The topological polar surface area (TPSA) is 72.3 Å². The first kappa shape index (κ1) is 9.83. The van der Waals surface area contributed by atoms with E-state index in [9.17, 15) is 4.79 Å². The van der Waals surface area contributed by atoms with E-state index in [1.807, 2.05) is 30.0 Å². The summed E-state index contributed by atoms with van der Waals surface area (Å²) in [6, 6.07) is 5.55. The molecule has 1 amide bonds. The summed E-state index contributed by atoms with van der Waals surface area (Å²) in [5.41, 5.74) is 13.9. The third-order valence-corrected chi connectivity index (χ3v) is 2.89. The molecule has 1 aromatic rings. The number of hydrogen-bond donors (Lipinski definition) is 2. The van der Waals surface area contributed by atoms with Gasteiger partial charge in [-0.2, -0.15) is 0 Å². The molecule has 0 radical (unpaired) electrons. The number of carbonyl (C=O) groups excluding carboxylic acids is 1. The molecule has 0 saturated carbocycles. The number of hydrogen-bond acceptors (Lipinski definition) is 3. The second kappa shape index (κ2) is 3.46. The first-order chi connectivity index (χ1) is 7.09. The second-order valence-electron chi connectivity index (χ2n) is 3.95. The highest BCUT2D eigenvalue weighted by Gasteiger charge is 2.33. The number of rotatable bonds is 2. The number of anilines is 2. The molecule has 1 unspecified atom stereocenters. The Morgan fingerprint density at radius 3 is 2.80 bits per heavy atom. The van der Waals surface area contributed by atoms with E-state index < -0.39 is 0 Å². The van der Waals surface area contributed by atoms with Gasteiger partial charge in [0.25, 0.3) is 0 Å². The van der Waals surface area contributed by atoms with Crippen LogP contribution in [-0.2, 0) is 4.79 Å². The molecule has 4 heteroatoms. The minimum atomic E-state index is -0.261. The van der Waals surface area contributed by atoms with Crippen LogP contribution in [-0.4, -0.2) is 18.5 Å². The lowest BCUT2D eigenvalue weighted by molar-refractivity contribution is -0.120. The summed E-state index contributed by atoms with van der Waals surface area (Å²) in [7, 11) is 0. The highest BCUT2D eigenvalue weighted by Crippen LogP contribution is 2.30. The summed E-state index contributed by atoms with van der Waals surface area (Å²) in [6.07, 6.45) is 0.837. The van der Waals surface area contributed by atoms with Crippen LogP contribution in [0.15, 0.2) is 18.2 Å². The number of carbonyl (C=O) groups is 1. The predicted molar refractivity (Wildman–Crippen MR) is 60.5 cm³/mol. The van der Waals surface area contributed by atoms with E-state index in [0.29, 0.717) is 5.69 Å². The van der Waals surface area contributed by atoms with Crippen LogP contribution in [0.1, 0.15) is 12.0 Å². The van der Waals surface area contributed by atoms with Crippen molar-refractivity contribution in [3.63, 3.8) is 0 Å². The Labute approximate surface area is 88.9 Å². The van der Waals surface area contributed by atoms with Gasteiger partial charge in [0.2, 0.25) is 5.91 Å².